The van der Waals surface area contributed by atoms with E-state index < -0.39 is 5.63 Å². The zero-order valence-electron chi connectivity index (χ0n) is 14.3. The van der Waals surface area contributed by atoms with Gasteiger partial charge in [0.1, 0.15) is 0 Å². The van der Waals surface area contributed by atoms with Crippen LogP contribution < -0.4 is 16.1 Å². The van der Waals surface area contributed by atoms with E-state index in [2.05, 4.69) is 4.98 Å². The number of anilines is 1. The van der Waals surface area contributed by atoms with Crippen LogP contribution in [0.2, 0.25) is 0 Å². The van der Waals surface area contributed by atoms with Gasteiger partial charge in [0.2, 0.25) is 0 Å². The number of rotatable bonds is 7. The Hall–Kier alpha value is -1.95. The molecule has 1 aromatic heterocycles. The Morgan fingerprint density at radius 3 is 2.84 bits per heavy atom. The number of benzene rings is 1. The second kappa shape index (κ2) is 8.43. The Kier molecular flexibility index (Phi) is 6.02. The topological polar surface area (TPSA) is 78.4 Å². The van der Waals surface area contributed by atoms with Crippen LogP contribution in [0.3, 0.4) is 0 Å². The molecule has 2 N–H and O–H groups in total. The fourth-order valence-corrected chi connectivity index (χ4v) is 3.71. The maximum Gasteiger partial charge on any atom is 0.397 e. The number of unbranched alkanes of at least 4 members (excludes halogenated alkanes) is 1. The van der Waals surface area contributed by atoms with E-state index >= 15 is 0 Å². The van der Waals surface area contributed by atoms with E-state index in [1.807, 2.05) is 5.37 Å². The maximum atomic E-state index is 11.9. The molecule has 6 heteroatoms. The van der Waals surface area contributed by atoms with Crippen LogP contribution in [0, 0.1) is 11.8 Å². The standard InChI is InChI=1S/C19H24N2O3S/c20-15-8-9-16-17(11-15)21-19(24-18(16)22)23-10-2-1-3-13-4-6-14(12-25)7-5-13/h8-9,11-14H,1-7,10,20H2. The van der Waals surface area contributed by atoms with Gasteiger partial charge in [0.15, 0.2) is 0 Å². The number of fused-ring (bicyclic) bond motifs is 1. The van der Waals surface area contributed by atoms with Crippen molar-refractivity contribution in [2.75, 3.05) is 12.3 Å². The summed E-state index contributed by atoms with van der Waals surface area (Å²) in [5.41, 5.74) is 6.34. The van der Waals surface area contributed by atoms with Crippen molar-refractivity contribution in [1.82, 2.24) is 4.98 Å². The second-order valence-electron chi connectivity index (χ2n) is 6.80. The van der Waals surface area contributed by atoms with Gasteiger partial charge in [0.05, 0.1) is 17.5 Å². The minimum Gasteiger partial charge on any atom is -0.450 e. The van der Waals surface area contributed by atoms with Gasteiger partial charge in [0, 0.05) is 5.69 Å². The molecule has 1 aromatic carbocycles. The average Bonchev–Trinajstić information content (AvgIpc) is 2.61. The second-order valence-corrected chi connectivity index (χ2v) is 7.08. The van der Waals surface area contributed by atoms with Crippen LogP contribution >= 0.6 is 12.2 Å². The third-order valence-corrected chi connectivity index (χ3v) is 5.33. The predicted molar refractivity (Wildman–Crippen MR) is 103 cm³/mol. The predicted octanol–water partition coefficient (Wildman–Crippen LogP) is 4.13. The van der Waals surface area contributed by atoms with Gasteiger partial charge in [0.25, 0.3) is 0 Å². The minimum atomic E-state index is -0.449. The molecule has 0 amide bonds. The SMILES string of the molecule is Nc1ccc2c(=O)oc(OCCCCC3CCC(C=S)CC3)nc2c1. The van der Waals surface area contributed by atoms with Crippen LogP contribution in [0.25, 0.3) is 10.9 Å². The van der Waals surface area contributed by atoms with Gasteiger partial charge >= 0.3 is 11.7 Å². The minimum absolute atomic E-state index is 0.0181. The summed E-state index contributed by atoms with van der Waals surface area (Å²) in [7, 11) is 0. The number of ether oxygens (including phenoxy) is 1. The summed E-state index contributed by atoms with van der Waals surface area (Å²) in [5.74, 6) is 1.45. The molecule has 3 rings (SSSR count). The van der Waals surface area contributed by atoms with E-state index in [0.29, 0.717) is 29.1 Å². The van der Waals surface area contributed by atoms with Crippen molar-refractivity contribution >= 4 is 34.2 Å². The molecule has 1 fully saturated rings. The molecule has 5 nitrogen and oxygen atoms in total. The molecule has 25 heavy (non-hydrogen) atoms. The molecule has 134 valence electrons. The normalized spacial score (nSPS) is 20.5. The summed E-state index contributed by atoms with van der Waals surface area (Å²) in [6.07, 6.45) is 8.30. The van der Waals surface area contributed by atoms with Crippen molar-refractivity contribution in [2.45, 2.75) is 44.9 Å². The molecule has 1 heterocycles. The number of nitrogens with two attached hydrogens (primary N) is 1. The highest BCUT2D eigenvalue weighted by atomic mass is 32.1. The summed E-state index contributed by atoms with van der Waals surface area (Å²) >= 11 is 5.04. The van der Waals surface area contributed by atoms with Gasteiger partial charge < -0.3 is 14.9 Å². The highest BCUT2D eigenvalue weighted by molar-refractivity contribution is 7.79. The Balaban J connectivity index is 1.44. The van der Waals surface area contributed by atoms with E-state index in [-0.39, 0.29) is 6.08 Å². The van der Waals surface area contributed by atoms with Crippen molar-refractivity contribution in [3.05, 3.63) is 28.6 Å². The number of aromatic nitrogens is 1. The third kappa shape index (κ3) is 4.78. The lowest BCUT2D eigenvalue weighted by Gasteiger charge is -2.26. The summed E-state index contributed by atoms with van der Waals surface area (Å²) in [5, 5.41) is 2.34. The van der Waals surface area contributed by atoms with E-state index in [0.717, 1.165) is 18.8 Å². The van der Waals surface area contributed by atoms with Crippen molar-refractivity contribution in [2.24, 2.45) is 11.8 Å². The maximum absolute atomic E-state index is 11.9. The first kappa shape index (κ1) is 17.9. The summed E-state index contributed by atoms with van der Waals surface area (Å²) in [6.45, 7) is 0.499. The number of thiocarbonyl (C=S) groups is 1. The average molecular weight is 360 g/mol. The van der Waals surface area contributed by atoms with E-state index in [1.165, 1.54) is 32.1 Å². The first-order valence-corrected chi connectivity index (χ1v) is 9.41. The highest BCUT2D eigenvalue weighted by Crippen LogP contribution is 2.31. The molecule has 1 aliphatic carbocycles. The lowest BCUT2D eigenvalue weighted by atomic mass is 9.81. The molecule has 1 aliphatic rings. The van der Waals surface area contributed by atoms with Crippen molar-refractivity contribution in [3.8, 4) is 6.08 Å². The monoisotopic (exact) mass is 360 g/mol. The lowest BCUT2D eigenvalue weighted by molar-refractivity contribution is 0.207. The number of hydrogen-bond acceptors (Lipinski definition) is 6. The van der Waals surface area contributed by atoms with Crippen LogP contribution in [0.1, 0.15) is 44.9 Å². The molecule has 0 spiro atoms. The number of nitrogen functional groups attached to an aromatic ring is 1. The van der Waals surface area contributed by atoms with Crippen LogP contribution in [-0.2, 0) is 0 Å². The van der Waals surface area contributed by atoms with Crippen molar-refractivity contribution < 1.29 is 9.15 Å². The summed E-state index contributed by atoms with van der Waals surface area (Å²) in [4.78, 5) is 16.1. The Bertz CT molecular complexity index is 782. The molecular formula is C19H24N2O3S. The van der Waals surface area contributed by atoms with Crippen molar-refractivity contribution in [1.29, 1.82) is 0 Å². The van der Waals surface area contributed by atoms with Crippen LogP contribution in [0.15, 0.2) is 27.4 Å². The van der Waals surface area contributed by atoms with Gasteiger partial charge in [-0.3, -0.25) is 0 Å². The molecule has 0 saturated heterocycles. The quantitative estimate of drug-likeness (QED) is 0.454. The molecule has 0 unspecified atom stereocenters. The zero-order valence-corrected chi connectivity index (χ0v) is 15.1. The molecule has 1 saturated carbocycles. The van der Waals surface area contributed by atoms with Gasteiger partial charge in [-0.05, 0) is 73.9 Å². The smallest absolute Gasteiger partial charge is 0.397 e. The van der Waals surface area contributed by atoms with Gasteiger partial charge in [-0.15, -0.1) is 0 Å². The zero-order chi connectivity index (χ0) is 17.6. The molecule has 2 aromatic rings. The Labute approximate surface area is 152 Å². The molecular weight excluding hydrogens is 336 g/mol. The Morgan fingerprint density at radius 1 is 1.28 bits per heavy atom. The first-order chi connectivity index (χ1) is 12.2. The van der Waals surface area contributed by atoms with Gasteiger partial charge in [-0.2, -0.15) is 4.98 Å². The van der Waals surface area contributed by atoms with E-state index in [4.69, 9.17) is 27.1 Å². The fraction of sp³-hybridized carbons (Fsp3) is 0.526. The number of hydrogen-bond donors (Lipinski definition) is 1. The third-order valence-electron chi connectivity index (χ3n) is 4.95. The van der Waals surface area contributed by atoms with E-state index in [1.54, 1.807) is 18.2 Å². The van der Waals surface area contributed by atoms with Crippen LogP contribution in [0.4, 0.5) is 5.69 Å². The van der Waals surface area contributed by atoms with Crippen LogP contribution in [0.5, 0.6) is 6.08 Å². The molecule has 0 atom stereocenters. The van der Waals surface area contributed by atoms with Crippen molar-refractivity contribution in [3.63, 3.8) is 0 Å². The molecule has 0 aliphatic heterocycles. The van der Waals surface area contributed by atoms with E-state index in [9.17, 15) is 4.79 Å². The van der Waals surface area contributed by atoms with Gasteiger partial charge in [-0.1, -0.05) is 18.6 Å². The summed E-state index contributed by atoms with van der Waals surface area (Å²) < 4.78 is 10.6. The lowest BCUT2D eigenvalue weighted by Crippen LogP contribution is -2.15. The largest absolute Gasteiger partial charge is 0.450 e. The summed E-state index contributed by atoms with van der Waals surface area (Å²) in [6, 6.07) is 4.92. The Morgan fingerprint density at radius 2 is 2.08 bits per heavy atom. The highest BCUT2D eigenvalue weighted by Gasteiger charge is 2.19. The fourth-order valence-electron chi connectivity index (χ4n) is 3.44. The molecule has 0 bridgehead atoms. The molecule has 0 radical (unpaired) electrons. The number of nitrogens with zero attached hydrogens (tertiary/aromatic N) is 1. The van der Waals surface area contributed by atoms with Gasteiger partial charge in [-0.25, -0.2) is 4.79 Å². The first-order valence-electron chi connectivity index (χ1n) is 8.94. The van der Waals surface area contributed by atoms with Crippen LogP contribution in [-0.4, -0.2) is 17.0 Å².